The van der Waals surface area contributed by atoms with E-state index in [9.17, 15) is 4.79 Å². The molecule has 0 saturated carbocycles. The highest BCUT2D eigenvalue weighted by Crippen LogP contribution is 2.34. The number of urea groups is 1. The Bertz CT molecular complexity index is 1090. The van der Waals surface area contributed by atoms with Crippen LogP contribution in [0.25, 0.3) is 22.5 Å². The SMILES string of the molecule is Cc1ccccc1-c1ccc(NC(=O)Nc2ccccc2)c(-c2cnco2)c1. The Hall–Kier alpha value is -3.86. The smallest absolute Gasteiger partial charge is 0.323 e. The van der Waals surface area contributed by atoms with Gasteiger partial charge in [-0.1, -0.05) is 48.5 Å². The highest BCUT2D eigenvalue weighted by molar-refractivity contribution is 6.02. The summed E-state index contributed by atoms with van der Waals surface area (Å²) < 4.78 is 5.50. The van der Waals surface area contributed by atoms with Crippen LogP contribution in [0.5, 0.6) is 0 Å². The summed E-state index contributed by atoms with van der Waals surface area (Å²) in [6.45, 7) is 2.07. The van der Waals surface area contributed by atoms with Gasteiger partial charge >= 0.3 is 6.03 Å². The third kappa shape index (κ3) is 3.78. The molecule has 1 aromatic heterocycles. The standard InChI is InChI=1S/C23H19N3O2/c1-16-7-5-6-10-19(16)17-11-12-21(20(13-17)22-14-24-15-28-22)26-23(27)25-18-8-3-2-4-9-18/h2-15H,1H3,(H2,25,26,27). The predicted octanol–water partition coefficient (Wildman–Crippen LogP) is 5.96. The Balaban J connectivity index is 1.67. The number of amides is 2. The first-order valence-electron chi connectivity index (χ1n) is 8.93. The van der Waals surface area contributed by atoms with Crippen molar-refractivity contribution in [1.82, 2.24) is 4.98 Å². The van der Waals surface area contributed by atoms with Crippen LogP contribution in [0.1, 0.15) is 5.56 Å². The van der Waals surface area contributed by atoms with E-state index in [1.165, 1.54) is 12.0 Å². The summed E-state index contributed by atoms with van der Waals surface area (Å²) >= 11 is 0. The number of anilines is 2. The molecule has 138 valence electrons. The summed E-state index contributed by atoms with van der Waals surface area (Å²) in [6, 6.07) is 23.0. The third-order valence-corrected chi connectivity index (χ3v) is 4.45. The van der Waals surface area contributed by atoms with E-state index in [1.54, 1.807) is 6.20 Å². The molecule has 4 rings (SSSR count). The van der Waals surface area contributed by atoms with Gasteiger partial charge in [0.2, 0.25) is 0 Å². The molecule has 0 spiro atoms. The van der Waals surface area contributed by atoms with Crippen LogP contribution >= 0.6 is 0 Å². The highest BCUT2D eigenvalue weighted by Gasteiger charge is 2.14. The first-order valence-corrected chi connectivity index (χ1v) is 8.93. The van der Waals surface area contributed by atoms with Gasteiger partial charge in [0.15, 0.2) is 12.2 Å². The molecule has 4 aromatic rings. The Labute approximate surface area is 163 Å². The lowest BCUT2D eigenvalue weighted by Gasteiger charge is -2.13. The molecular weight excluding hydrogens is 350 g/mol. The Morgan fingerprint density at radius 3 is 2.43 bits per heavy atom. The number of oxazole rings is 1. The van der Waals surface area contributed by atoms with E-state index in [0.717, 1.165) is 22.4 Å². The topological polar surface area (TPSA) is 67.2 Å². The first kappa shape index (κ1) is 17.5. The number of rotatable bonds is 4. The molecular formula is C23H19N3O2. The van der Waals surface area contributed by atoms with Crippen molar-refractivity contribution in [3.63, 3.8) is 0 Å². The lowest BCUT2D eigenvalue weighted by atomic mass is 9.97. The molecule has 0 aliphatic rings. The van der Waals surface area contributed by atoms with Crippen LogP contribution in [-0.4, -0.2) is 11.0 Å². The van der Waals surface area contributed by atoms with Gasteiger partial charge in [0.1, 0.15) is 0 Å². The van der Waals surface area contributed by atoms with Crippen LogP contribution < -0.4 is 10.6 Å². The van der Waals surface area contributed by atoms with Crippen LogP contribution in [0.15, 0.2) is 89.8 Å². The number of aryl methyl sites for hydroxylation is 1. The van der Waals surface area contributed by atoms with Gasteiger partial charge in [0.25, 0.3) is 0 Å². The number of hydrogen-bond donors (Lipinski definition) is 2. The molecule has 2 amide bonds. The average molecular weight is 369 g/mol. The number of carbonyl (C=O) groups excluding carboxylic acids is 1. The van der Waals surface area contributed by atoms with E-state index in [0.29, 0.717) is 11.4 Å². The highest BCUT2D eigenvalue weighted by atomic mass is 16.3. The van der Waals surface area contributed by atoms with Gasteiger partial charge in [-0.2, -0.15) is 0 Å². The molecule has 5 nitrogen and oxygen atoms in total. The molecule has 0 bridgehead atoms. The normalized spacial score (nSPS) is 10.5. The molecule has 0 aliphatic heterocycles. The molecule has 3 aromatic carbocycles. The van der Waals surface area contributed by atoms with Gasteiger partial charge in [-0.05, 0) is 47.9 Å². The summed E-state index contributed by atoms with van der Waals surface area (Å²) in [5.74, 6) is 0.588. The van der Waals surface area contributed by atoms with E-state index < -0.39 is 0 Å². The van der Waals surface area contributed by atoms with Crippen LogP contribution in [0.2, 0.25) is 0 Å². The first-order chi connectivity index (χ1) is 13.7. The van der Waals surface area contributed by atoms with Crippen molar-refractivity contribution in [2.24, 2.45) is 0 Å². The number of carbonyl (C=O) groups is 1. The number of benzene rings is 3. The van der Waals surface area contributed by atoms with Gasteiger partial charge in [0, 0.05) is 11.3 Å². The lowest BCUT2D eigenvalue weighted by Crippen LogP contribution is -2.19. The fourth-order valence-corrected chi connectivity index (χ4v) is 3.08. The van der Waals surface area contributed by atoms with Crippen molar-refractivity contribution < 1.29 is 9.21 Å². The van der Waals surface area contributed by atoms with Crippen LogP contribution in [0.4, 0.5) is 16.2 Å². The molecule has 5 heteroatoms. The maximum absolute atomic E-state index is 12.4. The van der Waals surface area contributed by atoms with Gasteiger partial charge < -0.3 is 15.1 Å². The number of aromatic nitrogens is 1. The van der Waals surface area contributed by atoms with Crippen molar-refractivity contribution in [1.29, 1.82) is 0 Å². The minimum absolute atomic E-state index is 0.324. The van der Waals surface area contributed by atoms with E-state index in [4.69, 9.17) is 4.42 Å². The number of nitrogens with zero attached hydrogens (tertiary/aromatic N) is 1. The van der Waals surface area contributed by atoms with E-state index in [-0.39, 0.29) is 6.03 Å². The lowest BCUT2D eigenvalue weighted by molar-refractivity contribution is 0.262. The van der Waals surface area contributed by atoms with Crippen molar-refractivity contribution in [3.8, 4) is 22.5 Å². The summed E-state index contributed by atoms with van der Waals surface area (Å²) in [6.07, 6.45) is 3.01. The van der Waals surface area contributed by atoms with Crippen molar-refractivity contribution >= 4 is 17.4 Å². The number of hydrogen-bond acceptors (Lipinski definition) is 3. The number of nitrogens with one attached hydrogen (secondary N) is 2. The summed E-state index contributed by atoms with van der Waals surface area (Å²) in [4.78, 5) is 16.5. The Kier molecular flexibility index (Phi) is 4.89. The monoisotopic (exact) mass is 369 g/mol. The summed E-state index contributed by atoms with van der Waals surface area (Å²) in [7, 11) is 0. The predicted molar refractivity (Wildman–Crippen MR) is 111 cm³/mol. The van der Waals surface area contributed by atoms with Gasteiger partial charge in [-0.15, -0.1) is 0 Å². The Morgan fingerprint density at radius 1 is 0.893 bits per heavy atom. The molecule has 0 radical (unpaired) electrons. The molecule has 28 heavy (non-hydrogen) atoms. The van der Waals surface area contributed by atoms with Crippen molar-refractivity contribution in [2.75, 3.05) is 10.6 Å². The molecule has 0 saturated heterocycles. The van der Waals surface area contributed by atoms with Gasteiger partial charge in [0.05, 0.1) is 11.9 Å². The van der Waals surface area contributed by atoms with E-state index >= 15 is 0 Å². The van der Waals surface area contributed by atoms with Crippen LogP contribution in [0.3, 0.4) is 0 Å². The molecule has 0 fully saturated rings. The van der Waals surface area contributed by atoms with Crippen molar-refractivity contribution in [3.05, 3.63) is 91.0 Å². The number of para-hydroxylation sites is 1. The minimum atomic E-state index is -0.324. The molecule has 0 atom stereocenters. The van der Waals surface area contributed by atoms with E-state index in [1.807, 2.05) is 60.7 Å². The summed E-state index contributed by atoms with van der Waals surface area (Å²) in [5.41, 5.74) is 5.47. The largest absolute Gasteiger partial charge is 0.443 e. The third-order valence-electron chi connectivity index (χ3n) is 4.45. The van der Waals surface area contributed by atoms with Gasteiger partial charge in [-0.25, -0.2) is 9.78 Å². The average Bonchev–Trinajstić information content (AvgIpc) is 3.24. The molecule has 0 unspecified atom stereocenters. The zero-order valence-electron chi connectivity index (χ0n) is 15.3. The molecule has 1 heterocycles. The maximum Gasteiger partial charge on any atom is 0.323 e. The van der Waals surface area contributed by atoms with Crippen molar-refractivity contribution in [2.45, 2.75) is 6.92 Å². The second-order valence-corrected chi connectivity index (χ2v) is 6.39. The van der Waals surface area contributed by atoms with Gasteiger partial charge in [-0.3, -0.25) is 0 Å². The summed E-state index contributed by atoms with van der Waals surface area (Å²) in [5, 5.41) is 5.72. The minimum Gasteiger partial charge on any atom is -0.443 e. The zero-order chi connectivity index (χ0) is 19.3. The second-order valence-electron chi connectivity index (χ2n) is 6.39. The van der Waals surface area contributed by atoms with Crippen LogP contribution in [-0.2, 0) is 0 Å². The second kappa shape index (κ2) is 7.80. The Morgan fingerprint density at radius 2 is 1.68 bits per heavy atom. The fraction of sp³-hybridized carbons (Fsp3) is 0.0435. The molecule has 2 N–H and O–H groups in total. The molecule has 0 aliphatic carbocycles. The zero-order valence-corrected chi connectivity index (χ0v) is 15.3. The maximum atomic E-state index is 12.4. The van der Waals surface area contributed by atoms with E-state index in [2.05, 4.69) is 34.7 Å². The van der Waals surface area contributed by atoms with Crippen LogP contribution in [0, 0.1) is 6.92 Å². The quantitative estimate of drug-likeness (QED) is 0.466. The fourth-order valence-electron chi connectivity index (χ4n) is 3.08.